The van der Waals surface area contributed by atoms with Gasteiger partial charge in [-0.2, -0.15) is 0 Å². The van der Waals surface area contributed by atoms with E-state index in [4.69, 9.17) is 0 Å². The third kappa shape index (κ3) is 1.99. The normalized spacial score (nSPS) is 17.6. The number of rotatable bonds is 2. The van der Waals surface area contributed by atoms with Crippen LogP contribution in [0.15, 0.2) is 96.1 Å². The van der Waals surface area contributed by atoms with Crippen LogP contribution in [0.2, 0.25) is 0 Å². The van der Waals surface area contributed by atoms with Gasteiger partial charge >= 0.3 is 0 Å². The van der Waals surface area contributed by atoms with E-state index in [1.54, 1.807) is 0 Å². The molecule has 0 unspecified atom stereocenters. The molecule has 1 nitrogen and oxygen atoms in total. The van der Waals surface area contributed by atoms with E-state index in [-0.39, 0.29) is 5.78 Å². The Kier molecular flexibility index (Phi) is 3.21. The molecular weight excluding hydrogens is 340 g/mol. The van der Waals surface area contributed by atoms with E-state index in [0.717, 1.165) is 46.3 Å². The van der Waals surface area contributed by atoms with E-state index < -0.39 is 0 Å². The lowest BCUT2D eigenvalue weighted by molar-refractivity contribution is -0.110. The van der Waals surface area contributed by atoms with Gasteiger partial charge in [0.25, 0.3) is 0 Å². The molecule has 3 aromatic carbocycles. The maximum Gasteiger partial charge on any atom is 0.195 e. The Hall–Kier alpha value is -3.45. The van der Waals surface area contributed by atoms with E-state index in [1.807, 2.05) is 18.2 Å². The van der Waals surface area contributed by atoms with Gasteiger partial charge in [-0.05, 0) is 45.9 Å². The highest BCUT2D eigenvalue weighted by atomic mass is 16.1. The number of Topliss-reactive ketones (excluding diaryl/α,β-unsaturated/α-hetero) is 1. The molecule has 3 aliphatic carbocycles. The molecule has 0 fully saturated rings. The molecule has 6 rings (SSSR count). The highest BCUT2D eigenvalue weighted by molar-refractivity contribution is 6.51. The topological polar surface area (TPSA) is 17.1 Å². The summed E-state index contributed by atoms with van der Waals surface area (Å²) in [5.41, 5.74) is 8.57. The molecule has 0 atom stereocenters. The largest absolute Gasteiger partial charge is 0.289 e. The Morgan fingerprint density at radius 2 is 1.39 bits per heavy atom. The first-order valence-corrected chi connectivity index (χ1v) is 9.82. The fraction of sp³-hybridized carbons (Fsp3) is 0.0741. The molecule has 0 heterocycles. The van der Waals surface area contributed by atoms with Crippen molar-refractivity contribution in [2.45, 2.75) is 12.8 Å². The van der Waals surface area contributed by atoms with Crippen molar-refractivity contribution < 1.29 is 4.79 Å². The zero-order chi connectivity index (χ0) is 18.7. The van der Waals surface area contributed by atoms with Crippen molar-refractivity contribution in [2.24, 2.45) is 0 Å². The second kappa shape index (κ2) is 5.77. The van der Waals surface area contributed by atoms with E-state index in [0.29, 0.717) is 0 Å². The van der Waals surface area contributed by atoms with Crippen LogP contribution < -0.4 is 0 Å². The molecule has 0 radical (unpaired) electrons. The molecule has 0 saturated carbocycles. The molecule has 0 aliphatic heterocycles. The van der Waals surface area contributed by atoms with Gasteiger partial charge in [0, 0.05) is 22.3 Å². The van der Waals surface area contributed by atoms with Crippen molar-refractivity contribution in [2.75, 3.05) is 0 Å². The van der Waals surface area contributed by atoms with Gasteiger partial charge in [-0.15, -0.1) is 0 Å². The number of fused-ring (bicyclic) bond motifs is 3. The lowest BCUT2D eigenvalue weighted by atomic mass is 9.89. The van der Waals surface area contributed by atoms with Crippen molar-refractivity contribution in [3.63, 3.8) is 0 Å². The Morgan fingerprint density at radius 3 is 2.07 bits per heavy atom. The molecule has 0 amide bonds. The molecule has 0 bridgehead atoms. The van der Waals surface area contributed by atoms with E-state index in [1.165, 1.54) is 21.9 Å². The van der Waals surface area contributed by atoms with Crippen LogP contribution in [0.1, 0.15) is 29.5 Å². The lowest BCUT2D eigenvalue weighted by Gasteiger charge is -2.13. The molecular formula is C27H18O. The second-order valence-corrected chi connectivity index (χ2v) is 7.56. The van der Waals surface area contributed by atoms with E-state index >= 15 is 0 Å². The zero-order valence-electron chi connectivity index (χ0n) is 15.4. The Bertz CT molecular complexity index is 1290. The summed E-state index contributed by atoms with van der Waals surface area (Å²) in [5.74, 6) is 0.171. The first kappa shape index (κ1) is 15.6. The maximum atomic E-state index is 13.8. The number of hydrogen-bond donors (Lipinski definition) is 0. The smallest absolute Gasteiger partial charge is 0.195 e. The number of carbonyl (C=O) groups is 1. The van der Waals surface area contributed by atoms with Crippen molar-refractivity contribution in [1.82, 2.24) is 0 Å². The van der Waals surface area contributed by atoms with Gasteiger partial charge in [-0.3, -0.25) is 4.79 Å². The van der Waals surface area contributed by atoms with Crippen LogP contribution in [0.4, 0.5) is 0 Å². The number of ketones is 1. The zero-order valence-corrected chi connectivity index (χ0v) is 15.4. The summed E-state index contributed by atoms with van der Waals surface area (Å²) in [4.78, 5) is 13.8. The third-order valence-electron chi connectivity index (χ3n) is 6.04. The van der Waals surface area contributed by atoms with Crippen molar-refractivity contribution in [3.8, 4) is 0 Å². The predicted octanol–water partition coefficient (Wildman–Crippen LogP) is 6.38. The minimum atomic E-state index is 0.171. The minimum Gasteiger partial charge on any atom is -0.289 e. The molecule has 0 N–H and O–H groups in total. The predicted molar refractivity (Wildman–Crippen MR) is 116 cm³/mol. The fourth-order valence-corrected chi connectivity index (χ4v) is 4.90. The summed E-state index contributed by atoms with van der Waals surface area (Å²) >= 11 is 0. The molecule has 1 heteroatoms. The van der Waals surface area contributed by atoms with Gasteiger partial charge in [0.1, 0.15) is 0 Å². The standard InChI is InChI=1S/C27H18O/c28-27-23(18-9-3-1-4-10-18)25-20-15-7-13-17-14-8-16-21(22(17)20)26(25)24(27)19-11-5-2-6-12-19/h1-5,7-11,13-16H,6,12H2. The summed E-state index contributed by atoms with van der Waals surface area (Å²) in [6.07, 6.45) is 8.29. The van der Waals surface area contributed by atoms with Crippen LogP contribution >= 0.6 is 0 Å². The van der Waals surface area contributed by atoms with Crippen LogP contribution in [0.25, 0.3) is 27.5 Å². The van der Waals surface area contributed by atoms with Gasteiger partial charge < -0.3 is 0 Å². The van der Waals surface area contributed by atoms with Crippen molar-refractivity contribution >= 4 is 33.3 Å². The molecule has 0 spiro atoms. The quantitative estimate of drug-likeness (QED) is 0.520. The average molecular weight is 358 g/mol. The first-order valence-electron chi connectivity index (χ1n) is 9.82. The van der Waals surface area contributed by atoms with Crippen molar-refractivity contribution in [3.05, 3.63) is 113 Å². The maximum absolute atomic E-state index is 13.8. The monoisotopic (exact) mass is 358 g/mol. The van der Waals surface area contributed by atoms with Gasteiger partial charge in [-0.25, -0.2) is 0 Å². The molecule has 3 aliphatic rings. The Balaban J connectivity index is 1.74. The summed E-state index contributed by atoms with van der Waals surface area (Å²) < 4.78 is 0. The number of benzene rings is 3. The first-order chi connectivity index (χ1) is 13.8. The third-order valence-corrected chi connectivity index (χ3v) is 6.04. The highest BCUT2D eigenvalue weighted by Crippen LogP contribution is 2.56. The van der Waals surface area contributed by atoms with Crippen LogP contribution in [0.3, 0.4) is 0 Å². The summed E-state index contributed by atoms with van der Waals surface area (Å²) in [5, 5.41) is 2.52. The van der Waals surface area contributed by atoms with E-state index in [2.05, 4.69) is 66.8 Å². The van der Waals surface area contributed by atoms with Crippen LogP contribution in [-0.4, -0.2) is 5.78 Å². The van der Waals surface area contributed by atoms with E-state index in [9.17, 15) is 4.79 Å². The Morgan fingerprint density at radius 1 is 0.679 bits per heavy atom. The van der Waals surface area contributed by atoms with Gasteiger partial charge in [0.05, 0.1) is 0 Å². The highest BCUT2D eigenvalue weighted by Gasteiger charge is 2.40. The molecule has 3 aromatic rings. The molecule has 0 aromatic heterocycles. The fourth-order valence-electron chi connectivity index (χ4n) is 4.90. The second-order valence-electron chi connectivity index (χ2n) is 7.56. The number of allylic oxidation sites excluding steroid dienone is 8. The average Bonchev–Trinajstić information content (AvgIpc) is 3.23. The Labute approximate surface area is 164 Å². The van der Waals surface area contributed by atoms with Crippen LogP contribution in [0.5, 0.6) is 0 Å². The number of hydrogen-bond acceptors (Lipinski definition) is 1. The molecule has 0 saturated heterocycles. The van der Waals surface area contributed by atoms with Crippen LogP contribution in [0, 0.1) is 0 Å². The van der Waals surface area contributed by atoms with Gasteiger partial charge in [0.2, 0.25) is 0 Å². The molecule has 28 heavy (non-hydrogen) atoms. The summed E-state index contributed by atoms with van der Waals surface area (Å²) in [7, 11) is 0. The summed E-state index contributed by atoms with van der Waals surface area (Å²) in [6.45, 7) is 0. The van der Waals surface area contributed by atoms with Gasteiger partial charge in [-0.1, -0.05) is 85.0 Å². The van der Waals surface area contributed by atoms with Gasteiger partial charge in [0.15, 0.2) is 5.78 Å². The number of carbonyl (C=O) groups excluding carboxylic acids is 1. The SMILES string of the molecule is O=C1C(C2=CC=CCC2)=C2C(=C1c1ccccc1)c1cccc3cccc2c13. The van der Waals surface area contributed by atoms with Crippen molar-refractivity contribution in [1.29, 1.82) is 0 Å². The minimum absolute atomic E-state index is 0.171. The lowest BCUT2D eigenvalue weighted by Crippen LogP contribution is -2.06. The summed E-state index contributed by atoms with van der Waals surface area (Å²) in [6, 6.07) is 23.0. The molecule has 132 valence electrons. The van der Waals surface area contributed by atoms with Crippen LogP contribution in [-0.2, 0) is 4.79 Å².